The summed E-state index contributed by atoms with van der Waals surface area (Å²) in [6.07, 6.45) is 19.8. The van der Waals surface area contributed by atoms with E-state index in [0.29, 0.717) is 5.54 Å². The standard InChI is InChI=1S/C18H35N/c1-4-6-8-10-14-18(3,15-11-9-7-5-2)19-16-12-13-17-19/h12,16H,4-11,13-15,17H2,1-3H3. The Hall–Kier alpha value is -0.460. The van der Waals surface area contributed by atoms with Gasteiger partial charge in [-0.15, -0.1) is 0 Å². The zero-order chi connectivity index (χ0) is 14.0. The number of hydrogen-bond acceptors (Lipinski definition) is 1. The van der Waals surface area contributed by atoms with E-state index in [1.807, 2.05) is 0 Å². The van der Waals surface area contributed by atoms with Gasteiger partial charge in [-0.1, -0.05) is 71.3 Å². The molecule has 0 atom stereocenters. The smallest absolute Gasteiger partial charge is 0.0368 e. The van der Waals surface area contributed by atoms with E-state index in [2.05, 4.69) is 37.9 Å². The lowest BCUT2D eigenvalue weighted by molar-refractivity contribution is 0.143. The summed E-state index contributed by atoms with van der Waals surface area (Å²) in [4.78, 5) is 2.63. The van der Waals surface area contributed by atoms with Crippen LogP contribution in [-0.4, -0.2) is 17.0 Å². The van der Waals surface area contributed by atoms with E-state index in [0.717, 1.165) is 0 Å². The minimum Gasteiger partial charge on any atom is -0.372 e. The first-order valence-corrected chi connectivity index (χ1v) is 8.66. The molecule has 1 aliphatic heterocycles. The number of rotatable bonds is 11. The van der Waals surface area contributed by atoms with Gasteiger partial charge in [0.1, 0.15) is 0 Å². The molecule has 1 aliphatic rings. The van der Waals surface area contributed by atoms with Crippen molar-refractivity contribution in [2.24, 2.45) is 0 Å². The van der Waals surface area contributed by atoms with Crippen molar-refractivity contribution in [3.8, 4) is 0 Å². The van der Waals surface area contributed by atoms with E-state index < -0.39 is 0 Å². The largest absolute Gasteiger partial charge is 0.372 e. The fraction of sp³-hybridized carbons (Fsp3) is 0.889. The summed E-state index contributed by atoms with van der Waals surface area (Å²) in [7, 11) is 0. The number of hydrogen-bond donors (Lipinski definition) is 0. The summed E-state index contributed by atoms with van der Waals surface area (Å²) >= 11 is 0. The molecule has 0 unspecified atom stereocenters. The molecule has 1 nitrogen and oxygen atoms in total. The molecule has 0 radical (unpaired) electrons. The van der Waals surface area contributed by atoms with Gasteiger partial charge >= 0.3 is 0 Å². The summed E-state index contributed by atoms with van der Waals surface area (Å²) in [5.74, 6) is 0. The predicted octanol–water partition coefficient (Wildman–Crippen LogP) is 5.91. The molecule has 0 bridgehead atoms. The summed E-state index contributed by atoms with van der Waals surface area (Å²) in [6, 6.07) is 0. The van der Waals surface area contributed by atoms with Gasteiger partial charge in [-0.25, -0.2) is 0 Å². The summed E-state index contributed by atoms with van der Waals surface area (Å²) < 4.78 is 0. The van der Waals surface area contributed by atoms with Crippen LogP contribution in [-0.2, 0) is 0 Å². The van der Waals surface area contributed by atoms with Crippen molar-refractivity contribution in [3.05, 3.63) is 12.3 Å². The van der Waals surface area contributed by atoms with Crippen molar-refractivity contribution in [1.82, 2.24) is 4.90 Å². The van der Waals surface area contributed by atoms with Crippen LogP contribution in [0.1, 0.15) is 91.4 Å². The Morgan fingerprint density at radius 1 is 0.895 bits per heavy atom. The Bertz CT molecular complexity index is 232. The maximum absolute atomic E-state index is 2.63. The molecule has 1 heteroatoms. The third-order valence-corrected chi connectivity index (χ3v) is 4.65. The topological polar surface area (TPSA) is 3.24 Å². The molecular formula is C18H35N. The Kier molecular flexibility index (Phi) is 8.25. The van der Waals surface area contributed by atoms with Crippen LogP contribution in [0.4, 0.5) is 0 Å². The maximum atomic E-state index is 2.63. The normalized spacial score (nSPS) is 15.4. The zero-order valence-corrected chi connectivity index (χ0v) is 13.6. The average Bonchev–Trinajstić information content (AvgIpc) is 2.95. The molecule has 0 fully saturated rings. The van der Waals surface area contributed by atoms with E-state index in [-0.39, 0.29) is 0 Å². The first-order chi connectivity index (χ1) is 9.23. The van der Waals surface area contributed by atoms with E-state index >= 15 is 0 Å². The molecule has 0 spiro atoms. The molecule has 0 amide bonds. The predicted molar refractivity (Wildman–Crippen MR) is 86.4 cm³/mol. The minimum atomic E-state index is 0.425. The second-order valence-electron chi connectivity index (χ2n) is 6.49. The van der Waals surface area contributed by atoms with Crippen LogP contribution in [0.5, 0.6) is 0 Å². The van der Waals surface area contributed by atoms with Gasteiger partial charge in [0.25, 0.3) is 0 Å². The minimum absolute atomic E-state index is 0.425. The van der Waals surface area contributed by atoms with Gasteiger partial charge in [0.2, 0.25) is 0 Å². The molecule has 0 aromatic heterocycles. The van der Waals surface area contributed by atoms with Gasteiger partial charge in [0.15, 0.2) is 0 Å². The van der Waals surface area contributed by atoms with Gasteiger partial charge < -0.3 is 4.90 Å². The van der Waals surface area contributed by atoms with Gasteiger partial charge in [0, 0.05) is 12.1 Å². The van der Waals surface area contributed by atoms with E-state index in [9.17, 15) is 0 Å². The van der Waals surface area contributed by atoms with Crippen LogP contribution in [0.3, 0.4) is 0 Å². The number of unbranched alkanes of at least 4 members (excludes halogenated alkanes) is 6. The Morgan fingerprint density at radius 2 is 1.47 bits per heavy atom. The first kappa shape index (κ1) is 16.6. The van der Waals surface area contributed by atoms with Crippen LogP contribution < -0.4 is 0 Å². The van der Waals surface area contributed by atoms with Crippen LogP contribution >= 0.6 is 0 Å². The number of nitrogens with zero attached hydrogens (tertiary/aromatic N) is 1. The molecule has 0 saturated carbocycles. The lowest BCUT2D eigenvalue weighted by atomic mass is 9.86. The maximum Gasteiger partial charge on any atom is 0.0368 e. The quantitative estimate of drug-likeness (QED) is 0.420. The van der Waals surface area contributed by atoms with Gasteiger partial charge in [0.05, 0.1) is 0 Å². The molecule has 112 valence electrons. The first-order valence-electron chi connectivity index (χ1n) is 8.66. The average molecular weight is 265 g/mol. The highest BCUT2D eigenvalue weighted by Crippen LogP contribution is 2.31. The molecule has 1 rings (SSSR count). The highest BCUT2D eigenvalue weighted by molar-refractivity contribution is 5.00. The SMILES string of the molecule is CCCCCCC(C)(CCCCCC)N1C=CCC1. The third kappa shape index (κ3) is 6.01. The molecule has 0 saturated heterocycles. The fourth-order valence-corrected chi connectivity index (χ4v) is 3.22. The second-order valence-corrected chi connectivity index (χ2v) is 6.49. The lowest BCUT2D eigenvalue weighted by Gasteiger charge is -2.40. The molecule has 0 aromatic rings. The highest BCUT2D eigenvalue weighted by atomic mass is 15.2. The second kappa shape index (κ2) is 9.44. The molecule has 1 heterocycles. The molecule has 19 heavy (non-hydrogen) atoms. The molecule has 0 aliphatic carbocycles. The lowest BCUT2D eigenvalue weighted by Crippen LogP contribution is -2.42. The van der Waals surface area contributed by atoms with Crippen LogP contribution in [0.2, 0.25) is 0 Å². The molecular weight excluding hydrogens is 230 g/mol. The van der Waals surface area contributed by atoms with Gasteiger partial charge in [-0.05, 0) is 32.4 Å². The third-order valence-electron chi connectivity index (χ3n) is 4.65. The van der Waals surface area contributed by atoms with Gasteiger partial charge in [-0.2, -0.15) is 0 Å². The Labute approximate surface area is 121 Å². The fourth-order valence-electron chi connectivity index (χ4n) is 3.22. The molecule has 0 N–H and O–H groups in total. The van der Waals surface area contributed by atoms with Crippen molar-refractivity contribution in [2.75, 3.05) is 6.54 Å². The van der Waals surface area contributed by atoms with Crippen molar-refractivity contribution in [2.45, 2.75) is 96.9 Å². The zero-order valence-electron chi connectivity index (χ0n) is 13.6. The van der Waals surface area contributed by atoms with E-state index in [4.69, 9.17) is 0 Å². The highest BCUT2D eigenvalue weighted by Gasteiger charge is 2.29. The van der Waals surface area contributed by atoms with Crippen molar-refractivity contribution < 1.29 is 0 Å². The van der Waals surface area contributed by atoms with Crippen molar-refractivity contribution in [1.29, 1.82) is 0 Å². The Balaban J connectivity index is 2.39. The molecule has 0 aromatic carbocycles. The van der Waals surface area contributed by atoms with Crippen LogP contribution in [0.15, 0.2) is 12.3 Å². The van der Waals surface area contributed by atoms with Crippen LogP contribution in [0.25, 0.3) is 0 Å². The van der Waals surface area contributed by atoms with Crippen molar-refractivity contribution >= 4 is 0 Å². The monoisotopic (exact) mass is 265 g/mol. The van der Waals surface area contributed by atoms with E-state index in [1.165, 1.54) is 77.2 Å². The van der Waals surface area contributed by atoms with Crippen molar-refractivity contribution in [3.63, 3.8) is 0 Å². The van der Waals surface area contributed by atoms with Gasteiger partial charge in [-0.3, -0.25) is 0 Å². The van der Waals surface area contributed by atoms with Crippen LogP contribution in [0, 0.1) is 0 Å². The summed E-state index contributed by atoms with van der Waals surface area (Å²) in [5.41, 5.74) is 0.425. The Morgan fingerprint density at radius 3 is 1.89 bits per heavy atom. The summed E-state index contributed by atoms with van der Waals surface area (Å²) in [6.45, 7) is 8.35. The summed E-state index contributed by atoms with van der Waals surface area (Å²) in [5, 5.41) is 0. The van der Waals surface area contributed by atoms with E-state index in [1.54, 1.807) is 0 Å².